The molecule has 5 nitrogen and oxygen atoms in total. The molecule has 0 aliphatic heterocycles. The highest BCUT2D eigenvalue weighted by atomic mass is 16.6. The minimum Gasteiger partial charge on any atom is -0.451 e. The lowest BCUT2D eigenvalue weighted by molar-refractivity contribution is -0.184. The minimum absolute atomic E-state index is 0.0171. The molecule has 0 amide bonds. The van der Waals surface area contributed by atoms with Gasteiger partial charge in [0.25, 0.3) is 0 Å². The first-order chi connectivity index (χ1) is 16.9. The fourth-order valence-electron chi connectivity index (χ4n) is 8.55. The molecule has 2 saturated carbocycles. The molecule has 4 aliphatic carbocycles. The summed E-state index contributed by atoms with van der Waals surface area (Å²) in [6.07, 6.45) is 6.83. The first-order valence-corrected chi connectivity index (χ1v) is 13.2. The number of carbonyl (C=O) groups excluding carboxylic acids is 4. The molecule has 0 heterocycles. The zero-order chi connectivity index (χ0) is 26.0. The number of fused-ring (bicyclic) bond motifs is 4. The second kappa shape index (κ2) is 8.36. The van der Waals surface area contributed by atoms with E-state index in [0.29, 0.717) is 24.8 Å². The number of esters is 1. The Balaban J connectivity index is 1.77. The summed E-state index contributed by atoms with van der Waals surface area (Å²) in [5.74, 6) is -0.157. The van der Waals surface area contributed by atoms with Crippen LogP contribution in [0.4, 0.5) is 0 Å². The maximum atomic E-state index is 13.3. The van der Waals surface area contributed by atoms with E-state index in [4.69, 9.17) is 4.74 Å². The van der Waals surface area contributed by atoms with Crippen LogP contribution in [0.5, 0.6) is 0 Å². The van der Waals surface area contributed by atoms with Crippen LogP contribution in [-0.2, 0) is 19.1 Å². The highest BCUT2D eigenvalue weighted by Gasteiger charge is 2.70. The first kappa shape index (κ1) is 24.9. The first-order valence-electron chi connectivity index (χ1n) is 13.2. The van der Waals surface area contributed by atoms with Gasteiger partial charge in [-0.15, -0.1) is 0 Å². The number of carbonyl (C=O) groups is 4. The van der Waals surface area contributed by atoms with Crippen LogP contribution in [0.3, 0.4) is 0 Å². The van der Waals surface area contributed by atoms with E-state index in [-0.39, 0.29) is 34.6 Å². The Bertz CT molecular complexity index is 1250. The summed E-state index contributed by atoms with van der Waals surface area (Å²) < 4.78 is 6.01. The molecule has 190 valence electrons. The van der Waals surface area contributed by atoms with Gasteiger partial charge in [0.1, 0.15) is 0 Å². The van der Waals surface area contributed by atoms with Gasteiger partial charge in [0, 0.05) is 30.2 Å². The van der Waals surface area contributed by atoms with Gasteiger partial charge in [-0.1, -0.05) is 37.6 Å². The maximum absolute atomic E-state index is 13.3. The molecule has 5 heteroatoms. The lowest BCUT2D eigenvalue weighted by atomic mass is 9.45. The van der Waals surface area contributed by atoms with Crippen molar-refractivity contribution in [1.82, 2.24) is 0 Å². The van der Waals surface area contributed by atoms with Gasteiger partial charge in [0.2, 0.25) is 0 Å². The average molecular weight is 489 g/mol. The van der Waals surface area contributed by atoms with Gasteiger partial charge >= 0.3 is 5.97 Å². The lowest BCUT2D eigenvalue weighted by Gasteiger charge is -2.59. The molecule has 1 aromatic rings. The standard InChI is InChI=1S/C31H36O5/c1-18(32)21-7-6-8-22(15-21)26-17-30(5)27(12-14-31(30,19(2)33)36-20(3)34)29(4)13-11-23-16-24(35)9-10-25(23)28(26)29/h6-8,15-16,26-27H,9-14,17H2,1-5H3/t26-,27?,29+,30+,31+/m1/s1. The fourth-order valence-corrected chi connectivity index (χ4v) is 8.55. The van der Waals surface area contributed by atoms with E-state index >= 15 is 0 Å². The van der Waals surface area contributed by atoms with E-state index in [0.717, 1.165) is 36.8 Å². The van der Waals surface area contributed by atoms with Crippen molar-refractivity contribution in [1.29, 1.82) is 0 Å². The Hall–Kier alpha value is -2.82. The summed E-state index contributed by atoms with van der Waals surface area (Å²) >= 11 is 0. The molecule has 0 spiro atoms. The number of Topliss-reactive ketones (excluding diaryl/α,β-unsaturated/α-hetero) is 2. The van der Waals surface area contributed by atoms with Crippen LogP contribution >= 0.6 is 0 Å². The van der Waals surface area contributed by atoms with Gasteiger partial charge in [-0.25, -0.2) is 0 Å². The van der Waals surface area contributed by atoms with Crippen molar-refractivity contribution in [2.45, 2.75) is 91.1 Å². The van der Waals surface area contributed by atoms with Crippen LogP contribution in [0.1, 0.15) is 101 Å². The van der Waals surface area contributed by atoms with Crippen molar-refractivity contribution in [3.8, 4) is 0 Å². The van der Waals surface area contributed by atoms with Crippen molar-refractivity contribution < 1.29 is 23.9 Å². The summed E-state index contributed by atoms with van der Waals surface area (Å²) in [5.41, 5.74) is 3.65. The molecule has 36 heavy (non-hydrogen) atoms. The van der Waals surface area contributed by atoms with E-state index in [9.17, 15) is 19.2 Å². The topological polar surface area (TPSA) is 77.5 Å². The molecular formula is C31H36O5. The normalized spacial score (nSPS) is 35.4. The molecule has 0 N–H and O–H groups in total. The third kappa shape index (κ3) is 3.42. The van der Waals surface area contributed by atoms with Crippen LogP contribution in [0.2, 0.25) is 0 Å². The maximum Gasteiger partial charge on any atom is 0.303 e. The van der Waals surface area contributed by atoms with Crippen LogP contribution in [0, 0.1) is 16.7 Å². The van der Waals surface area contributed by atoms with Crippen LogP contribution in [0.15, 0.2) is 47.1 Å². The van der Waals surface area contributed by atoms with Crippen molar-refractivity contribution >= 4 is 23.3 Å². The Morgan fingerprint density at radius 3 is 2.42 bits per heavy atom. The van der Waals surface area contributed by atoms with E-state index in [2.05, 4.69) is 19.9 Å². The number of rotatable bonds is 4. The Morgan fingerprint density at radius 2 is 1.75 bits per heavy atom. The second-order valence-electron chi connectivity index (χ2n) is 11.9. The van der Waals surface area contributed by atoms with Gasteiger partial charge in [-0.2, -0.15) is 0 Å². The van der Waals surface area contributed by atoms with Crippen molar-refractivity contribution in [3.63, 3.8) is 0 Å². The largest absolute Gasteiger partial charge is 0.451 e. The van der Waals surface area contributed by atoms with Gasteiger partial charge in [0.15, 0.2) is 23.0 Å². The van der Waals surface area contributed by atoms with Crippen LogP contribution in [0.25, 0.3) is 0 Å². The highest BCUT2D eigenvalue weighted by Crippen LogP contribution is 2.72. The second-order valence-corrected chi connectivity index (χ2v) is 11.9. The molecule has 5 rings (SSSR count). The predicted molar refractivity (Wildman–Crippen MR) is 137 cm³/mol. The highest BCUT2D eigenvalue weighted by molar-refractivity contribution is 5.94. The van der Waals surface area contributed by atoms with Gasteiger partial charge in [-0.3, -0.25) is 19.2 Å². The molecule has 1 aromatic carbocycles. The van der Waals surface area contributed by atoms with E-state index < -0.39 is 17.0 Å². The number of ketones is 3. The van der Waals surface area contributed by atoms with Gasteiger partial charge in [-0.05, 0) is 92.6 Å². The molecule has 2 fully saturated rings. The molecule has 0 aromatic heterocycles. The Kier molecular flexibility index (Phi) is 5.77. The fraction of sp³-hybridized carbons (Fsp3) is 0.548. The van der Waals surface area contributed by atoms with Crippen molar-refractivity contribution in [3.05, 3.63) is 58.2 Å². The lowest BCUT2D eigenvalue weighted by Crippen LogP contribution is -2.59. The molecule has 4 aliphatic rings. The minimum atomic E-state index is -1.15. The van der Waals surface area contributed by atoms with Crippen molar-refractivity contribution in [2.24, 2.45) is 16.7 Å². The number of ether oxygens (including phenoxy) is 1. The van der Waals surface area contributed by atoms with E-state index in [1.807, 2.05) is 24.3 Å². The summed E-state index contributed by atoms with van der Waals surface area (Å²) in [6.45, 7) is 9.02. The van der Waals surface area contributed by atoms with E-state index in [1.165, 1.54) is 18.1 Å². The van der Waals surface area contributed by atoms with Gasteiger partial charge < -0.3 is 4.74 Å². The molecular weight excluding hydrogens is 452 g/mol. The smallest absolute Gasteiger partial charge is 0.303 e. The van der Waals surface area contributed by atoms with E-state index in [1.54, 1.807) is 13.8 Å². The number of hydrogen-bond acceptors (Lipinski definition) is 5. The average Bonchev–Trinajstić information content (AvgIpc) is 3.11. The molecule has 0 radical (unpaired) electrons. The SMILES string of the molecule is CC(=O)O[C@]1(C(C)=O)CCC2[C@]1(C)C[C@H](c1cccc(C(C)=O)c1)C1=C3CCC(=O)C=C3CC[C@]12C. The van der Waals surface area contributed by atoms with Crippen LogP contribution < -0.4 is 0 Å². The van der Waals surface area contributed by atoms with Crippen molar-refractivity contribution in [2.75, 3.05) is 0 Å². The summed E-state index contributed by atoms with van der Waals surface area (Å²) in [4.78, 5) is 50.2. The summed E-state index contributed by atoms with van der Waals surface area (Å²) in [5, 5.41) is 0. The zero-order valence-electron chi connectivity index (χ0n) is 22.0. The molecule has 1 unspecified atom stereocenters. The third-order valence-electron chi connectivity index (χ3n) is 10.0. The molecule has 0 bridgehead atoms. The number of allylic oxidation sites excluding steroid dienone is 4. The molecule has 0 saturated heterocycles. The zero-order valence-corrected chi connectivity index (χ0v) is 22.0. The number of benzene rings is 1. The van der Waals surface area contributed by atoms with Crippen LogP contribution in [-0.4, -0.2) is 28.9 Å². The number of hydrogen-bond donors (Lipinski definition) is 0. The quantitative estimate of drug-likeness (QED) is 0.380. The third-order valence-corrected chi connectivity index (χ3v) is 10.0. The van der Waals surface area contributed by atoms with Gasteiger partial charge in [0.05, 0.1) is 0 Å². The Morgan fingerprint density at radius 1 is 1.00 bits per heavy atom. The Labute approximate surface area is 213 Å². The predicted octanol–water partition coefficient (Wildman–Crippen LogP) is 6.07. The monoisotopic (exact) mass is 488 g/mol. The molecule has 5 atom stereocenters. The summed E-state index contributed by atoms with van der Waals surface area (Å²) in [6, 6.07) is 7.85. The summed E-state index contributed by atoms with van der Waals surface area (Å²) in [7, 11) is 0.